The van der Waals surface area contributed by atoms with Gasteiger partial charge in [0.25, 0.3) is 0 Å². The number of aliphatic hydroxyl groups is 1. The Labute approximate surface area is 74.1 Å². The average Bonchev–Trinajstić information content (AvgIpc) is 2.17. The van der Waals surface area contributed by atoms with Gasteiger partial charge >= 0.3 is 0 Å². The smallest absolute Gasteiger partial charge is 0.0720 e. The van der Waals surface area contributed by atoms with Crippen molar-refractivity contribution in [3.05, 3.63) is 0 Å². The maximum Gasteiger partial charge on any atom is 0.0720 e. The predicted molar refractivity (Wildman–Crippen MR) is 48.1 cm³/mol. The molecule has 1 aliphatic rings. The highest BCUT2D eigenvalue weighted by Crippen LogP contribution is 2.20. The van der Waals surface area contributed by atoms with Gasteiger partial charge in [0.2, 0.25) is 0 Å². The summed E-state index contributed by atoms with van der Waals surface area (Å²) in [6.45, 7) is 3.62. The van der Waals surface area contributed by atoms with Crippen LogP contribution in [0.4, 0.5) is 0 Å². The van der Waals surface area contributed by atoms with Crippen LogP contribution in [0.1, 0.15) is 19.8 Å². The van der Waals surface area contributed by atoms with Crippen LogP contribution in [0.5, 0.6) is 0 Å². The summed E-state index contributed by atoms with van der Waals surface area (Å²) >= 11 is 0. The van der Waals surface area contributed by atoms with E-state index in [1.165, 1.54) is 0 Å². The van der Waals surface area contributed by atoms with E-state index in [1.54, 1.807) is 0 Å². The SMILES string of the molecule is CNC(C)C(O)C1CCOCC1. The van der Waals surface area contributed by atoms with Crippen LogP contribution >= 0.6 is 0 Å². The molecule has 2 atom stereocenters. The molecule has 3 heteroatoms. The van der Waals surface area contributed by atoms with Gasteiger partial charge in [0.1, 0.15) is 0 Å². The van der Waals surface area contributed by atoms with Gasteiger partial charge < -0.3 is 15.2 Å². The van der Waals surface area contributed by atoms with Crippen LogP contribution in [-0.4, -0.2) is 37.5 Å². The highest BCUT2D eigenvalue weighted by Gasteiger charge is 2.25. The Hall–Kier alpha value is -0.120. The molecule has 1 heterocycles. The minimum Gasteiger partial charge on any atom is -0.391 e. The van der Waals surface area contributed by atoms with Gasteiger partial charge in [0, 0.05) is 19.3 Å². The predicted octanol–water partition coefficient (Wildman–Crippen LogP) is 0.382. The molecular formula is C9H19NO2. The minimum absolute atomic E-state index is 0.188. The molecule has 12 heavy (non-hydrogen) atoms. The van der Waals surface area contributed by atoms with Crippen LogP contribution in [0.2, 0.25) is 0 Å². The zero-order valence-electron chi connectivity index (χ0n) is 7.92. The summed E-state index contributed by atoms with van der Waals surface area (Å²) in [5.41, 5.74) is 0. The van der Waals surface area contributed by atoms with Crippen LogP contribution in [0.15, 0.2) is 0 Å². The summed E-state index contributed by atoms with van der Waals surface area (Å²) in [6.07, 6.45) is 1.76. The maximum absolute atomic E-state index is 9.82. The number of ether oxygens (including phenoxy) is 1. The van der Waals surface area contributed by atoms with Crippen molar-refractivity contribution in [1.29, 1.82) is 0 Å². The first-order valence-corrected chi connectivity index (χ1v) is 4.68. The first kappa shape index (κ1) is 9.96. The molecule has 1 saturated heterocycles. The van der Waals surface area contributed by atoms with Crippen LogP contribution in [0.3, 0.4) is 0 Å². The number of hydrogen-bond donors (Lipinski definition) is 2. The van der Waals surface area contributed by atoms with Gasteiger partial charge in [0.15, 0.2) is 0 Å². The van der Waals surface area contributed by atoms with E-state index in [2.05, 4.69) is 5.32 Å². The normalized spacial score (nSPS) is 25.2. The molecule has 0 aliphatic carbocycles. The van der Waals surface area contributed by atoms with E-state index in [1.807, 2.05) is 14.0 Å². The molecule has 0 saturated carbocycles. The molecule has 0 radical (unpaired) electrons. The fraction of sp³-hybridized carbons (Fsp3) is 1.00. The largest absolute Gasteiger partial charge is 0.391 e. The van der Waals surface area contributed by atoms with Crippen LogP contribution < -0.4 is 5.32 Å². The van der Waals surface area contributed by atoms with Crippen molar-refractivity contribution in [2.75, 3.05) is 20.3 Å². The van der Waals surface area contributed by atoms with Gasteiger partial charge in [-0.05, 0) is 32.7 Å². The molecule has 0 bridgehead atoms. The molecule has 2 unspecified atom stereocenters. The van der Waals surface area contributed by atoms with Crippen molar-refractivity contribution in [1.82, 2.24) is 5.32 Å². The third kappa shape index (κ3) is 2.44. The summed E-state index contributed by atoms with van der Waals surface area (Å²) in [6, 6.07) is 0.188. The van der Waals surface area contributed by atoms with Crippen molar-refractivity contribution in [2.45, 2.75) is 31.9 Å². The molecule has 0 amide bonds. The Kier molecular flexibility index (Phi) is 3.98. The lowest BCUT2D eigenvalue weighted by atomic mass is 9.90. The number of nitrogens with one attached hydrogen (secondary N) is 1. The molecule has 0 spiro atoms. The lowest BCUT2D eigenvalue weighted by Gasteiger charge is -2.30. The molecule has 1 fully saturated rings. The van der Waals surface area contributed by atoms with E-state index in [4.69, 9.17) is 4.74 Å². The summed E-state index contributed by atoms with van der Waals surface area (Å²) in [4.78, 5) is 0. The number of likely N-dealkylation sites (N-methyl/N-ethyl adjacent to an activating group) is 1. The van der Waals surface area contributed by atoms with E-state index in [-0.39, 0.29) is 12.1 Å². The fourth-order valence-electron chi connectivity index (χ4n) is 1.64. The Morgan fingerprint density at radius 1 is 1.42 bits per heavy atom. The van der Waals surface area contributed by atoms with Gasteiger partial charge in [0.05, 0.1) is 6.10 Å². The second-order valence-corrected chi connectivity index (χ2v) is 3.52. The molecule has 3 nitrogen and oxygen atoms in total. The third-order valence-electron chi connectivity index (χ3n) is 2.72. The van der Waals surface area contributed by atoms with Gasteiger partial charge in [-0.2, -0.15) is 0 Å². The zero-order chi connectivity index (χ0) is 8.97. The van der Waals surface area contributed by atoms with Gasteiger partial charge in [-0.15, -0.1) is 0 Å². The monoisotopic (exact) mass is 173 g/mol. The highest BCUT2D eigenvalue weighted by atomic mass is 16.5. The van der Waals surface area contributed by atoms with Crippen molar-refractivity contribution < 1.29 is 9.84 Å². The lowest BCUT2D eigenvalue weighted by molar-refractivity contribution is -0.00373. The summed E-state index contributed by atoms with van der Waals surface area (Å²) in [5, 5.41) is 12.9. The van der Waals surface area contributed by atoms with E-state index >= 15 is 0 Å². The minimum atomic E-state index is -0.223. The Balaban J connectivity index is 2.33. The molecule has 1 rings (SSSR count). The summed E-state index contributed by atoms with van der Waals surface area (Å²) in [5.74, 6) is 0.418. The molecule has 72 valence electrons. The van der Waals surface area contributed by atoms with Crippen molar-refractivity contribution in [3.63, 3.8) is 0 Å². The number of aliphatic hydroxyl groups excluding tert-OH is 1. The number of hydrogen-bond acceptors (Lipinski definition) is 3. The Morgan fingerprint density at radius 3 is 2.50 bits per heavy atom. The molecule has 0 aromatic rings. The second kappa shape index (κ2) is 4.80. The maximum atomic E-state index is 9.82. The van der Waals surface area contributed by atoms with E-state index in [0.717, 1.165) is 26.1 Å². The lowest BCUT2D eigenvalue weighted by Crippen LogP contribution is -2.41. The Bertz CT molecular complexity index is 124. The highest BCUT2D eigenvalue weighted by molar-refractivity contribution is 4.78. The van der Waals surface area contributed by atoms with E-state index in [0.29, 0.717) is 5.92 Å². The molecule has 0 aromatic heterocycles. The third-order valence-corrected chi connectivity index (χ3v) is 2.72. The van der Waals surface area contributed by atoms with Crippen molar-refractivity contribution >= 4 is 0 Å². The average molecular weight is 173 g/mol. The van der Waals surface area contributed by atoms with Gasteiger partial charge in [-0.3, -0.25) is 0 Å². The van der Waals surface area contributed by atoms with Crippen LogP contribution in [-0.2, 0) is 4.74 Å². The standard InChI is InChI=1S/C9H19NO2/c1-7(10-2)9(11)8-3-5-12-6-4-8/h7-11H,3-6H2,1-2H3. The first-order chi connectivity index (χ1) is 5.75. The van der Waals surface area contributed by atoms with Gasteiger partial charge in [-0.25, -0.2) is 0 Å². The second-order valence-electron chi connectivity index (χ2n) is 3.52. The van der Waals surface area contributed by atoms with Crippen LogP contribution in [0, 0.1) is 5.92 Å². The molecule has 2 N–H and O–H groups in total. The summed E-state index contributed by atoms with van der Waals surface area (Å²) in [7, 11) is 1.88. The molecular weight excluding hydrogens is 154 g/mol. The van der Waals surface area contributed by atoms with Crippen molar-refractivity contribution in [2.24, 2.45) is 5.92 Å². The Morgan fingerprint density at radius 2 is 2.00 bits per heavy atom. The van der Waals surface area contributed by atoms with Gasteiger partial charge in [-0.1, -0.05) is 0 Å². The molecule has 1 aliphatic heterocycles. The topological polar surface area (TPSA) is 41.5 Å². The molecule has 0 aromatic carbocycles. The van der Waals surface area contributed by atoms with Crippen molar-refractivity contribution in [3.8, 4) is 0 Å². The fourth-order valence-corrected chi connectivity index (χ4v) is 1.64. The van der Waals surface area contributed by atoms with E-state index in [9.17, 15) is 5.11 Å². The quantitative estimate of drug-likeness (QED) is 0.648. The first-order valence-electron chi connectivity index (χ1n) is 4.68. The summed E-state index contributed by atoms with van der Waals surface area (Å²) < 4.78 is 5.23. The van der Waals surface area contributed by atoms with E-state index < -0.39 is 0 Å². The van der Waals surface area contributed by atoms with Crippen LogP contribution in [0.25, 0.3) is 0 Å². The zero-order valence-corrected chi connectivity index (χ0v) is 7.92. The number of rotatable bonds is 3.